The van der Waals surface area contributed by atoms with Gasteiger partial charge in [-0.15, -0.1) is 0 Å². The monoisotopic (exact) mass is 172 g/mol. The zero-order chi connectivity index (χ0) is 9.24. The molecule has 1 heterocycles. The second kappa shape index (κ2) is 3.02. The molecule has 1 fully saturated rings. The van der Waals surface area contributed by atoms with E-state index in [2.05, 4.69) is 4.85 Å². The summed E-state index contributed by atoms with van der Waals surface area (Å²) in [4.78, 5) is 3.56. The zero-order valence-corrected chi connectivity index (χ0v) is 7.41. The van der Waals surface area contributed by atoms with Gasteiger partial charge >= 0.3 is 5.54 Å². The van der Waals surface area contributed by atoms with E-state index in [0.29, 0.717) is 13.2 Å². The maximum Gasteiger partial charge on any atom is 0.348 e. The Morgan fingerprint density at radius 3 is 2.25 bits per heavy atom. The van der Waals surface area contributed by atoms with E-state index in [9.17, 15) is 0 Å². The largest absolute Gasteiger partial charge is 0.388 e. The number of rotatable bonds is 1. The molecule has 1 aliphatic heterocycles. The van der Waals surface area contributed by atoms with E-state index in [1.807, 2.05) is 13.8 Å². The maximum absolute atomic E-state index is 8.98. The average Bonchev–Trinajstić information content (AvgIpc) is 2.06. The number of nitrogens with zero attached hydrogens (tertiary/aromatic N) is 1. The predicted octanol–water partition coefficient (Wildman–Crippen LogP) is 0.463. The highest BCUT2D eigenvalue weighted by Crippen LogP contribution is 2.25. The van der Waals surface area contributed by atoms with E-state index in [1.165, 1.54) is 0 Å². The first-order chi connectivity index (χ1) is 5.54. The van der Waals surface area contributed by atoms with Gasteiger partial charge in [-0.05, 0) is 13.8 Å². The third-order valence-corrected chi connectivity index (χ3v) is 1.95. The number of aliphatic hydroxyl groups excluding tert-OH is 1. The van der Waals surface area contributed by atoms with Crippen molar-refractivity contribution in [2.45, 2.75) is 25.2 Å². The molecule has 0 unspecified atom stereocenters. The molecule has 0 amide bonds. The van der Waals surface area contributed by atoms with Crippen molar-refractivity contribution in [3.05, 3.63) is 4.85 Å². The smallest absolute Gasteiger partial charge is 0.348 e. The fourth-order valence-electron chi connectivity index (χ4n) is 0.906. The van der Waals surface area contributed by atoms with E-state index in [4.69, 9.17) is 21.2 Å². The summed E-state index contributed by atoms with van der Waals surface area (Å²) in [5.74, 6) is -0.594. The lowest BCUT2D eigenvalue weighted by atomic mass is 10.0. The molecule has 12 heavy (non-hydrogen) atoms. The Balaban J connectivity index is 2.61. The van der Waals surface area contributed by atoms with Gasteiger partial charge in [0.15, 0.2) is 5.79 Å². The van der Waals surface area contributed by atoms with Crippen molar-refractivity contribution >= 4 is 0 Å². The zero-order valence-electron chi connectivity index (χ0n) is 7.41. The molecular formula is C8H14NO3+. The highest BCUT2D eigenvalue weighted by atomic mass is 16.7. The molecule has 4 heteroatoms. The summed E-state index contributed by atoms with van der Waals surface area (Å²) >= 11 is 0. The molecule has 1 N–H and O–H groups in total. The van der Waals surface area contributed by atoms with Crippen molar-refractivity contribution in [2.24, 2.45) is 0 Å². The minimum Gasteiger partial charge on any atom is -0.388 e. The van der Waals surface area contributed by atoms with Crippen LogP contribution in [0.2, 0.25) is 0 Å². The summed E-state index contributed by atoms with van der Waals surface area (Å²) in [6.07, 6.45) is 0. The van der Waals surface area contributed by atoms with Crippen LogP contribution in [-0.2, 0) is 9.47 Å². The van der Waals surface area contributed by atoms with Crippen LogP contribution in [0.5, 0.6) is 0 Å². The van der Waals surface area contributed by atoms with Gasteiger partial charge in [0.25, 0.3) is 6.57 Å². The van der Waals surface area contributed by atoms with Crippen molar-refractivity contribution in [2.75, 3.05) is 19.8 Å². The molecule has 0 bridgehead atoms. The Bertz CT molecular complexity index is 197. The molecule has 68 valence electrons. The van der Waals surface area contributed by atoms with Crippen LogP contribution in [0, 0.1) is 6.57 Å². The number of hydrogen-bond donors (Lipinski definition) is 1. The first-order valence-electron chi connectivity index (χ1n) is 3.84. The van der Waals surface area contributed by atoms with E-state index in [-0.39, 0.29) is 6.61 Å². The minimum atomic E-state index is -0.768. The molecule has 4 nitrogen and oxygen atoms in total. The second-order valence-electron chi connectivity index (χ2n) is 3.49. The van der Waals surface area contributed by atoms with Crippen molar-refractivity contribution in [3.63, 3.8) is 0 Å². The molecule has 0 spiro atoms. The summed E-state index contributed by atoms with van der Waals surface area (Å²) in [6.45, 7) is 9.21. The van der Waals surface area contributed by atoms with Gasteiger partial charge in [-0.3, -0.25) is 0 Å². The lowest BCUT2D eigenvalue weighted by molar-refractivity contribution is -0.264. The lowest BCUT2D eigenvalue weighted by Crippen LogP contribution is -2.51. The summed E-state index contributed by atoms with van der Waals surface area (Å²) in [5.41, 5.74) is -0.768. The Morgan fingerprint density at radius 2 is 1.92 bits per heavy atom. The highest BCUT2D eigenvalue weighted by Gasteiger charge is 2.48. The molecule has 0 aromatic rings. The van der Waals surface area contributed by atoms with Gasteiger partial charge in [0.2, 0.25) is 0 Å². The number of hydrogen-bond acceptors (Lipinski definition) is 3. The number of aliphatic hydroxyl groups is 1. The normalized spacial score (nSPS) is 26.2. The molecule has 0 aromatic heterocycles. The lowest BCUT2D eigenvalue weighted by Gasteiger charge is -2.33. The quantitative estimate of drug-likeness (QED) is 0.625. The Morgan fingerprint density at radius 1 is 1.42 bits per heavy atom. The summed E-state index contributed by atoms with van der Waals surface area (Å²) in [6, 6.07) is 0. The van der Waals surface area contributed by atoms with Crippen LogP contribution >= 0.6 is 0 Å². The molecule has 0 aromatic carbocycles. The standard InChI is InChI=1S/C8H14NO3/c1-7(2)11-5-8(4-10,9-3)6-12-7/h3,10H,4-6H2,1-2H3/q+1. The van der Waals surface area contributed by atoms with E-state index >= 15 is 0 Å². The molecule has 1 rings (SSSR count). The maximum atomic E-state index is 8.98. The van der Waals surface area contributed by atoms with Crippen molar-refractivity contribution in [1.82, 2.24) is 0 Å². The molecule has 0 atom stereocenters. The van der Waals surface area contributed by atoms with E-state index in [1.54, 1.807) is 0 Å². The summed E-state index contributed by atoms with van der Waals surface area (Å²) in [5, 5.41) is 8.98. The molecule has 0 radical (unpaired) electrons. The molecule has 1 aliphatic rings. The molecule has 0 aliphatic carbocycles. The van der Waals surface area contributed by atoms with Crippen LogP contribution in [0.4, 0.5) is 0 Å². The van der Waals surface area contributed by atoms with Gasteiger partial charge < -0.3 is 14.6 Å². The summed E-state index contributed by atoms with van der Waals surface area (Å²) < 4.78 is 10.6. The Hall–Kier alpha value is -0.630. The number of ether oxygens (including phenoxy) is 2. The third kappa shape index (κ3) is 1.75. The van der Waals surface area contributed by atoms with Crippen LogP contribution in [-0.4, -0.2) is 36.3 Å². The molecular weight excluding hydrogens is 158 g/mol. The van der Waals surface area contributed by atoms with Crippen LogP contribution in [0.25, 0.3) is 4.85 Å². The van der Waals surface area contributed by atoms with Gasteiger partial charge in [0.1, 0.15) is 19.8 Å². The van der Waals surface area contributed by atoms with Crippen LogP contribution in [0.1, 0.15) is 13.8 Å². The van der Waals surface area contributed by atoms with Crippen molar-refractivity contribution in [3.8, 4) is 6.57 Å². The molecule has 0 saturated carbocycles. The van der Waals surface area contributed by atoms with Gasteiger partial charge in [-0.25, -0.2) is 0 Å². The first-order valence-corrected chi connectivity index (χ1v) is 3.84. The summed E-state index contributed by atoms with van der Waals surface area (Å²) in [7, 11) is 0. The van der Waals surface area contributed by atoms with E-state index < -0.39 is 11.3 Å². The fraction of sp³-hybridized carbons (Fsp3) is 0.875. The SMILES string of the molecule is C#[N+]C1(CO)COC(C)(C)OC1. The van der Waals surface area contributed by atoms with E-state index in [0.717, 1.165) is 0 Å². The van der Waals surface area contributed by atoms with Crippen molar-refractivity contribution in [1.29, 1.82) is 0 Å². The average molecular weight is 172 g/mol. The fourth-order valence-corrected chi connectivity index (χ4v) is 0.906. The van der Waals surface area contributed by atoms with Gasteiger partial charge in [-0.1, -0.05) is 4.85 Å². The van der Waals surface area contributed by atoms with Crippen molar-refractivity contribution < 1.29 is 14.6 Å². The Labute approximate surface area is 71.9 Å². The molecule has 1 saturated heterocycles. The van der Waals surface area contributed by atoms with Gasteiger partial charge in [-0.2, -0.15) is 0 Å². The van der Waals surface area contributed by atoms with Gasteiger partial charge in [0, 0.05) is 0 Å². The second-order valence-corrected chi connectivity index (χ2v) is 3.49. The van der Waals surface area contributed by atoms with Crippen LogP contribution < -0.4 is 0 Å². The first kappa shape index (κ1) is 9.46. The highest BCUT2D eigenvalue weighted by molar-refractivity contribution is 5.02. The predicted molar refractivity (Wildman–Crippen MR) is 44.1 cm³/mol. The van der Waals surface area contributed by atoms with Crippen LogP contribution in [0.15, 0.2) is 0 Å². The van der Waals surface area contributed by atoms with Gasteiger partial charge in [0.05, 0.1) is 0 Å². The topological polar surface area (TPSA) is 43.0 Å². The third-order valence-electron chi connectivity index (χ3n) is 1.95. The minimum absolute atomic E-state index is 0.153. The van der Waals surface area contributed by atoms with Crippen LogP contribution in [0.3, 0.4) is 0 Å². The Kier molecular flexibility index (Phi) is 2.38.